The first kappa shape index (κ1) is 10.4. The fraction of sp³-hybridized carbons (Fsp3) is 1.00. The molecule has 2 saturated heterocycles. The minimum atomic E-state index is 0.305. The molecular weight excluding hydrogens is 174 g/mol. The molecule has 2 fully saturated rings. The summed E-state index contributed by atoms with van der Waals surface area (Å²) in [6.45, 7) is 8.06. The van der Waals surface area contributed by atoms with Crippen molar-refractivity contribution in [1.29, 1.82) is 0 Å². The smallest absolute Gasteiger partial charge is 0.0470 e. The first-order valence-corrected chi connectivity index (χ1v) is 5.80. The number of nitrogens with zero attached hydrogens (tertiary/aromatic N) is 2. The van der Waals surface area contributed by atoms with E-state index >= 15 is 0 Å². The second-order valence-corrected chi connectivity index (χ2v) is 5.26. The van der Waals surface area contributed by atoms with Gasteiger partial charge in [-0.05, 0) is 38.9 Å². The monoisotopic (exact) mass is 197 g/mol. The standard InChI is InChI=1S/C11H23N3/c1-10-3-5-14(7-10)11(8-12)4-6-13(2)9-11/h10H,3-9,12H2,1-2H3. The third-order valence-corrected chi connectivity index (χ3v) is 4.00. The van der Waals surface area contributed by atoms with Gasteiger partial charge in [-0.25, -0.2) is 0 Å². The van der Waals surface area contributed by atoms with Crippen LogP contribution >= 0.6 is 0 Å². The van der Waals surface area contributed by atoms with Crippen LogP contribution in [0.25, 0.3) is 0 Å². The van der Waals surface area contributed by atoms with E-state index in [1.165, 1.54) is 32.5 Å². The van der Waals surface area contributed by atoms with Crippen LogP contribution in [-0.4, -0.2) is 55.1 Å². The summed E-state index contributed by atoms with van der Waals surface area (Å²) >= 11 is 0. The molecule has 0 saturated carbocycles. The molecular formula is C11H23N3. The van der Waals surface area contributed by atoms with Crippen LogP contribution < -0.4 is 5.73 Å². The van der Waals surface area contributed by atoms with Crippen molar-refractivity contribution in [2.45, 2.75) is 25.3 Å². The Morgan fingerprint density at radius 3 is 2.64 bits per heavy atom. The average Bonchev–Trinajstić information content (AvgIpc) is 2.73. The van der Waals surface area contributed by atoms with Gasteiger partial charge in [0.2, 0.25) is 0 Å². The lowest BCUT2D eigenvalue weighted by Gasteiger charge is -2.37. The van der Waals surface area contributed by atoms with E-state index < -0.39 is 0 Å². The summed E-state index contributed by atoms with van der Waals surface area (Å²) in [5.74, 6) is 0.865. The van der Waals surface area contributed by atoms with Gasteiger partial charge < -0.3 is 10.6 Å². The summed E-state index contributed by atoms with van der Waals surface area (Å²) in [4.78, 5) is 5.05. The molecule has 2 unspecified atom stereocenters. The summed E-state index contributed by atoms with van der Waals surface area (Å²) in [6, 6.07) is 0. The SMILES string of the molecule is CC1CCN(C2(CN)CCN(C)C2)C1. The number of hydrogen-bond donors (Lipinski definition) is 1. The number of rotatable bonds is 2. The molecule has 0 aromatic rings. The molecule has 0 amide bonds. The van der Waals surface area contributed by atoms with E-state index in [1.54, 1.807) is 0 Å². The summed E-state index contributed by atoms with van der Waals surface area (Å²) in [5.41, 5.74) is 6.29. The van der Waals surface area contributed by atoms with Gasteiger partial charge in [-0.1, -0.05) is 6.92 Å². The van der Waals surface area contributed by atoms with E-state index in [-0.39, 0.29) is 0 Å². The van der Waals surface area contributed by atoms with Gasteiger partial charge in [0.25, 0.3) is 0 Å². The molecule has 0 aromatic heterocycles. The minimum Gasteiger partial charge on any atom is -0.329 e. The number of likely N-dealkylation sites (N-methyl/N-ethyl adjacent to an activating group) is 1. The van der Waals surface area contributed by atoms with Gasteiger partial charge in [0, 0.05) is 25.2 Å². The highest BCUT2D eigenvalue weighted by molar-refractivity contribution is 5.01. The Balaban J connectivity index is 2.05. The molecule has 82 valence electrons. The molecule has 2 rings (SSSR count). The van der Waals surface area contributed by atoms with Gasteiger partial charge >= 0.3 is 0 Å². The summed E-state index contributed by atoms with van der Waals surface area (Å²) in [6.07, 6.45) is 2.61. The Morgan fingerprint density at radius 2 is 2.21 bits per heavy atom. The predicted molar refractivity (Wildman–Crippen MR) is 59.3 cm³/mol. The van der Waals surface area contributed by atoms with Gasteiger partial charge in [0.1, 0.15) is 0 Å². The van der Waals surface area contributed by atoms with E-state index in [0.29, 0.717) is 5.54 Å². The Bertz CT molecular complexity index is 207. The lowest BCUT2D eigenvalue weighted by molar-refractivity contribution is 0.128. The molecule has 3 heteroatoms. The highest BCUT2D eigenvalue weighted by atomic mass is 15.3. The topological polar surface area (TPSA) is 32.5 Å². The van der Waals surface area contributed by atoms with E-state index in [9.17, 15) is 0 Å². The number of likely N-dealkylation sites (tertiary alicyclic amines) is 2. The first-order chi connectivity index (χ1) is 6.66. The Morgan fingerprint density at radius 1 is 1.43 bits per heavy atom. The molecule has 14 heavy (non-hydrogen) atoms. The van der Waals surface area contributed by atoms with Gasteiger partial charge in [0.15, 0.2) is 0 Å². The molecule has 2 N–H and O–H groups in total. The van der Waals surface area contributed by atoms with Crippen molar-refractivity contribution < 1.29 is 0 Å². The van der Waals surface area contributed by atoms with E-state index in [0.717, 1.165) is 19.0 Å². The fourth-order valence-electron chi connectivity index (χ4n) is 2.98. The summed E-state index contributed by atoms with van der Waals surface area (Å²) in [7, 11) is 2.21. The zero-order chi connectivity index (χ0) is 10.2. The van der Waals surface area contributed by atoms with Gasteiger partial charge in [-0.3, -0.25) is 4.90 Å². The van der Waals surface area contributed by atoms with Crippen LogP contribution in [0.3, 0.4) is 0 Å². The summed E-state index contributed by atoms with van der Waals surface area (Å²) < 4.78 is 0. The van der Waals surface area contributed by atoms with Crippen molar-refractivity contribution in [2.24, 2.45) is 11.7 Å². The molecule has 0 aromatic carbocycles. The lowest BCUT2D eigenvalue weighted by atomic mass is 9.96. The van der Waals surface area contributed by atoms with Crippen LogP contribution in [0.4, 0.5) is 0 Å². The Hall–Kier alpha value is -0.120. The zero-order valence-corrected chi connectivity index (χ0v) is 9.50. The van der Waals surface area contributed by atoms with Crippen LogP contribution in [0.2, 0.25) is 0 Å². The third-order valence-electron chi connectivity index (χ3n) is 4.00. The second kappa shape index (κ2) is 3.80. The van der Waals surface area contributed by atoms with Crippen LogP contribution in [0.5, 0.6) is 0 Å². The predicted octanol–water partition coefficient (Wildman–Crippen LogP) is 0.361. The zero-order valence-electron chi connectivity index (χ0n) is 9.50. The number of hydrogen-bond acceptors (Lipinski definition) is 3. The molecule has 3 nitrogen and oxygen atoms in total. The lowest BCUT2D eigenvalue weighted by Crippen LogP contribution is -2.54. The van der Waals surface area contributed by atoms with Crippen molar-refractivity contribution in [2.75, 3.05) is 39.8 Å². The van der Waals surface area contributed by atoms with Gasteiger partial charge in [-0.15, -0.1) is 0 Å². The van der Waals surface area contributed by atoms with E-state index in [4.69, 9.17) is 5.73 Å². The molecule has 2 aliphatic rings. The molecule has 0 aliphatic carbocycles. The van der Waals surface area contributed by atoms with Crippen molar-refractivity contribution in [3.05, 3.63) is 0 Å². The number of nitrogens with two attached hydrogens (primary N) is 1. The molecule has 0 bridgehead atoms. The maximum atomic E-state index is 5.99. The Kier molecular flexibility index (Phi) is 2.82. The maximum Gasteiger partial charge on any atom is 0.0470 e. The molecule has 0 spiro atoms. The summed E-state index contributed by atoms with van der Waals surface area (Å²) in [5, 5.41) is 0. The van der Waals surface area contributed by atoms with Gasteiger partial charge in [0.05, 0.1) is 0 Å². The first-order valence-electron chi connectivity index (χ1n) is 5.80. The third kappa shape index (κ3) is 1.69. The van der Waals surface area contributed by atoms with Crippen LogP contribution in [0, 0.1) is 5.92 Å². The molecule has 2 aliphatic heterocycles. The molecule has 2 atom stereocenters. The normalized spacial score (nSPS) is 40.9. The second-order valence-electron chi connectivity index (χ2n) is 5.26. The Labute approximate surface area is 87.2 Å². The van der Waals surface area contributed by atoms with Crippen LogP contribution in [-0.2, 0) is 0 Å². The molecule has 2 heterocycles. The van der Waals surface area contributed by atoms with Crippen LogP contribution in [0.1, 0.15) is 19.8 Å². The van der Waals surface area contributed by atoms with Gasteiger partial charge in [-0.2, -0.15) is 0 Å². The average molecular weight is 197 g/mol. The maximum absolute atomic E-state index is 5.99. The van der Waals surface area contributed by atoms with Crippen molar-refractivity contribution >= 4 is 0 Å². The minimum absolute atomic E-state index is 0.305. The highest BCUT2D eigenvalue weighted by Crippen LogP contribution is 2.31. The highest BCUT2D eigenvalue weighted by Gasteiger charge is 2.42. The van der Waals surface area contributed by atoms with Crippen molar-refractivity contribution in [1.82, 2.24) is 9.80 Å². The van der Waals surface area contributed by atoms with Crippen molar-refractivity contribution in [3.63, 3.8) is 0 Å². The van der Waals surface area contributed by atoms with Crippen LogP contribution in [0.15, 0.2) is 0 Å². The fourth-order valence-corrected chi connectivity index (χ4v) is 2.98. The quantitative estimate of drug-likeness (QED) is 0.694. The van der Waals surface area contributed by atoms with E-state index in [2.05, 4.69) is 23.8 Å². The van der Waals surface area contributed by atoms with E-state index in [1.807, 2.05) is 0 Å². The van der Waals surface area contributed by atoms with Crippen molar-refractivity contribution in [3.8, 4) is 0 Å². The molecule has 0 radical (unpaired) electrons. The largest absolute Gasteiger partial charge is 0.329 e.